The van der Waals surface area contributed by atoms with Crippen LogP contribution in [0.25, 0.3) is 0 Å². The van der Waals surface area contributed by atoms with E-state index < -0.39 is 0 Å². The predicted molar refractivity (Wildman–Crippen MR) is 90.1 cm³/mol. The lowest BCUT2D eigenvalue weighted by atomic mass is 10.1. The molecular weight excluding hydrogens is 312 g/mol. The first-order valence-electron chi connectivity index (χ1n) is 7.68. The first-order chi connectivity index (χ1) is 11.1. The van der Waals surface area contributed by atoms with Gasteiger partial charge in [-0.1, -0.05) is 0 Å². The summed E-state index contributed by atoms with van der Waals surface area (Å²) in [6.45, 7) is 5.09. The number of ether oxygens (including phenoxy) is 1. The van der Waals surface area contributed by atoms with Gasteiger partial charge in [-0.15, -0.1) is 11.3 Å². The van der Waals surface area contributed by atoms with Gasteiger partial charge in [-0.05, 0) is 44.2 Å². The number of aromatic nitrogens is 2. The number of amides is 2. The number of rotatable bonds is 3. The highest BCUT2D eigenvalue weighted by Gasteiger charge is 2.25. The molecule has 2 aromatic heterocycles. The van der Waals surface area contributed by atoms with Crippen molar-refractivity contribution < 1.29 is 9.53 Å². The predicted octanol–water partition coefficient (Wildman–Crippen LogP) is 3.23. The Hall–Kier alpha value is -2.15. The molecule has 2 aromatic rings. The highest BCUT2D eigenvalue weighted by Crippen LogP contribution is 2.20. The normalized spacial score (nSPS) is 17.8. The van der Waals surface area contributed by atoms with Crippen molar-refractivity contribution in [3.05, 3.63) is 35.1 Å². The number of carbonyl (C=O) groups is 1. The lowest BCUT2D eigenvalue weighted by Gasteiger charge is -2.32. The van der Waals surface area contributed by atoms with Crippen LogP contribution in [0.4, 0.5) is 9.80 Å². The molecular formula is C16H20N4O2S. The molecule has 1 saturated heterocycles. The summed E-state index contributed by atoms with van der Waals surface area (Å²) in [4.78, 5) is 22.7. The molecule has 0 radical (unpaired) electrons. The first-order valence-corrected chi connectivity index (χ1v) is 8.56. The number of thiophene rings is 1. The van der Waals surface area contributed by atoms with Gasteiger partial charge in [0.25, 0.3) is 0 Å². The van der Waals surface area contributed by atoms with Crippen LogP contribution in [0.2, 0.25) is 0 Å². The van der Waals surface area contributed by atoms with E-state index in [0.29, 0.717) is 18.2 Å². The monoisotopic (exact) mass is 332 g/mol. The average Bonchev–Trinajstić information content (AvgIpc) is 2.99. The summed E-state index contributed by atoms with van der Waals surface area (Å²) in [5.74, 6) is 1.28. The number of hydrogen-bond acceptors (Lipinski definition) is 5. The third-order valence-corrected chi connectivity index (χ3v) is 4.43. The average molecular weight is 332 g/mol. The number of carbonyl (C=O) groups excluding carboxylic acids is 1. The lowest BCUT2D eigenvalue weighted by Crippen LogP contribution is -2.46. The van der Waals surface area contributed by atoms with E-state index in [0.717, 1.165) is 30.1 Å². The maximum Gasteiger partial charge on any atom is 0.322 e. The Labute approximate surface area is 139 Å². The molecule has 0 aromatic carbocycles. The highest BCUT2D eigenvalue weighted by molar-refractivity contribution is 7.14. The van der Waals surface area contributed by atoms with Crippen LogP contribution >= 0.6 is 11.3 Å². The van der Waals surface area contributed by atoms with E-state index in [1.807, 2.05) is 37.4 Å². The number of nitrogens with one attached hydrogen (secondary N) is 1. The quantitative estimate of drug-likeness (QED) is 0.937. The van der Waals surface area contributed by atoms with Crippen LogP contribution in [-0.2, 0) is 0 Å². The Balaban J connectivity index is 1.60. The topological polar surface area (TPSA) is 67.3 Å². The van der Waals surface area contributed by atoms with Gasteiger partial charge in [0, 0.05) is 18.3 Å². The molecule has 1 aliphatic rings. The lowest BCUT2D eigenvalue weighted by molar-refractivity contribution is 0.102. The fourth-order valence-corrected chi connectivity index (χ4v) is 3.27. The van der Waals surface area contributed by atoms with Crippen molar-refractivity contribution in [2.24, 2.45) is 0 Å². The van der Waals surface area contributed by atoms with Crippen molar-refractivity contribution in [2.45, 2.75) is 32.8 Å². The zero-order valence-corrected chi connectivity index (χ0v) is 14.1. The van der Waals surface area contributed by atoms with Gasteiger partial charge >= 0.3 is 6.03 Å². The molecule has 1 unspecified atom stereocenters. The minimum atomic E-state index is -0.0733. The SMILES string of the molecule is Cc1cc(OC2CCCN(C(=O)Nc3cccs3)C2)nc(C)n1. The molecule has 23 heavy (non-hydrogen) atoms. The van der Waals surface area contributed by atoms with Crippen LogP contribution < -0.4 is 10.1 Å². The molecule has 1 N–H and O–H groups in total. The summed E-state index contributed by atoms with van der Waals surface area (Å²) in [5, 5.41) is 5.72. The standard InChI is InChI=1S/C16H20N4O2S/c1-11-9-14(18-12(2)17-11)22-13-5-3-7-20(10-13)16(21)19-15-6-4-8-23-15/h4,6,8-9,13H,3,5,7,10H2,1-2H3,(H,19,21). The van der Waals surface area contributed by atoms with Crippen molar-refractivity contribution >= 4 is 22.4 Å². The zero-order chi connectivity index (χ0) is 16.2. The van der Waals surface area contributed by atoms with Crippen molar-refractivity contribution in [3.63, 3.8) is 0 Å². The van der Waals surface area contributed by atoms with Gasteiger partial charge in [-0.25, -0.2) is 9.78 Å². The van der Waals surface area contributed by atoms with Crippen LogP contribution in [0.5, 0.6) is 5.88 Å². The molecule has 6 nitrogen and oxygen atoms in total. The summed E-state index contributed by atoms with van der Waals surface area (Å²) in [6.07, 6.45) is 1.81. The largest absolute Gasteiger partial charge is 0.472 e. The van der Waals surface area contributed by atoms with Gasteiger partial charge in [0.2, 0.25) is 5.88 Å². The van der Waals surface area contributed by atoms with Crippen molar-refractivity contribution in [1.29, 1.82) is 0 Å². The Kier molecular flexibility index (Phi) is 4.76. The molecule has 0 aliphatic carbocycles. The van der Waals surface area contributed by atoms with Gasteiger partial charge in [0.05, 0.1) is 11.5 Å². The van der Waals surface area contributed by atoms with E-state index in [-0.39, 0.29) is 12.1 Å². The Bertz CT molecular complexity index is 654. The Morgan fingerprint density at radius 3 is 3.04 bits per heavy atom. The molecule has 2 amide bonds. The van der Waals surface area contributed by atoms with E-state index in [4.69, 9.17) is 4.74 Å². The second-order valence-electron chi connectivity index (χ2n) is 5.63. The number of hydrogen-bond donors (Lipinski definition) is 1. The van der Waals surface area contributed by atoms with Crippen LogP contribution in [0, 0.1) is 13.8 Å². The van der Waals surface area contributed by atoms with E-state index >= 15 is 0 Å². The van der Waals surface area contributed by atoms with Gasteiger partial charge < -0.3 is 9.64 Å². The Morgan fingerprint density at radius 1 is 1.43 bits per heavy atom. The van der Waals surface area contributed by atoms with Crippen LogP contribution in [0.1, 0.15) is 24.4 Å². The summed E-state index contributed by atoms with van der Waals surface area (Å²) in [7, 11) is 0. The Morgan fingerprint density at radius 2 is 2.30 bits per heavy atom. The molecule has 3 heterocycles. The van der Waals surface area contributed by atoms with Gasteiger partial charge in [-0.2, -0.15) is 4.98 Å². The second-order valence-corrected chi connectivity index (χ2v) is 6.58. The number of nitrogens with zero attached hydrogens (tertiary/aromatic N) is 3. The maximum absolute atomic E-state index is 12.3. The number of anilines is 1. The molecule has 122 valence electrons. The molecule has 1 fully saturated rings. The van der Waals surface area contributed by atoms with E-state index in [1.54, 1.807) is 4.90 Å². The van der Waals surface area contributed by atoms with E-state index in [1.165, 1.54) is 11.3 Å². The molecule has 0 bridgehead atoms. The third kappa shape index (κ3) is 4.19. The number of urea groups is 1. The van der Waals surface area contributed by atoms with Crippen molar-refractivity contribution in [3.8, 4) is 5.88 Å². The van der Waals surface area contributed by atoms with Crippen LogP contribution in [0.15, 0.2) is 23.6 Å². The smallest absolute Gasteiger partial charge is 0.322 e. The van der Waals surface area contributed by atoms with Crippen LogP contribution in [0.3, 0.4) is 0 Å². The van der Waals surface area contributed by atoms with Gasteiger partial charge in [0.15, 0.2) is 0 Å². The van der Waals surface area contributed by atoms with Gasteiger partial charge in [0.1, 0.15) is 11.9 Å². The fourth-order valence-electron chi connectivity index (χ4n) is 2.67. The molecule has 0 saturated carbocycles. The minimum absolute atomic E-state index is 0.0356. The van der Waals surface area contributed by atoms with Crippen LogP contribution in [-0.4, -0.2) is 40.1 Å². The van der Waals surface area contributed by atoms with Crippen molar-refractivity contribution in [2.75, 3.05) is 18.4 Å². The summed E-state index contributed by atoms with van der Waals surface area (Å²) >= 11 is 1.52. The molecule has 1 atom stereocenters. The zero-order valence-electron chi connectivity index (χ0n) is 13.3. The number of piperidine rings is 1. The minimum Gasteiger partial charge on any atom is -0.472 e. The number of likely N-dealkylation sites (tertiary alicyclic amines) is 1. The highest BCUT2D eigenvalue weighted by atomic mass is 32.1. The van der Waals surface area contributed by atoms with Crippen molar-refractivity contribution in [1.82, 2.24) is 14.9 Å². The number of aryl methyl sites for hydroxylation is 2. The summed E-state index contributed by atoms with van der Waals surface area (Å²) in [5.41, 5.74) is 0.885. The molecule has 1 aliphatic heterocycles. The van der Waals surface area contributed by atoms with E-state index in [9.17, 15) is 4.79 Å². The molecule has 3 rings (SSSR count). The second kappa shape index (κ2) is 6.95. The first kappa shape index (κ1) is 15.7. The maximum atomic E-state index is 12.3. The van der Waals surface area contributed by atoms with E-state index in [2.05, 4.69) is 15.3 Å². The summed E-state index contributed by atoms with van der Waals surface area (Å²) < 4.78 is 5.96. The third-order valence-electron chi connectivity index (χ3n) is 3.65. The molecule has 0 spiro atoms. The molecule has 7 heteroatoms. The van der Waals surface area contributed by atoms with Gasteiger partial charge in [-0.3, -0.25) is 5.32 Å². The summed E-state index contributed by atoms with van der Waals surface area (Å²) in [6, 6.07) is 5.57. The fraction of sp³-hybridized carbons (Fsp3) is 0.438.